The molecule has 9 heteroatoms. The Kier molecular flexibility index (Phi) is 6.38. The number of benzene rings is 1. The van der Waals surface area contributed by atoms with Crippen LogP contribution in [-0.2, 0) is 6.54 Å². The van der Waals surface area contributed by atoms with Gasteiger partial charge >= 0.3 is 0 Å². The smallest absolute Gasteiger partial charge is 0.228 e. The summed E-state index contributed by atoms with van der Waals surface area (Å²) in [6, 6.07) is 14.1. The number of likely N-dealkylation sites (N-methyl/N-ethyl adjacent to an activating group) is 1. The Balaban J connectivity index is 1.16. The van der Waals surface area contributed by atoms with Crippen molar-refractivity contribution >= 4 is 17.6 Å². The van der Waals surface area contributed by atoms with Crippen LogP contribution in [0.25, 0.3) is 11.3 Å². The van der Waals surface area contributed by atoms with Gasteiger partial charge in [0, 0.05) is 23.7 Å². The highest BCUT2D eigenvalue weighted by atomic mass is 16.5. The van der Waals surface area contributed by atoms with Crippen LogP contribution in [0.4, 0.5) is 11.8 Å². The van der Waals surface area contributed by atoms with Crippen molar-refractivity contribution in [1.82, 2.24) is 20.0 Å². The van der Waals surface area contributed by atoms with E-state index in [0.717, 1.165) is 36.6 Å². The summed E-state index contributed by atoms with van der Waals surface area (Å²) in [5, 5.41) is 10.8. The summed E-state index contributed by atoms with van der Waals surface area (Å²) in [6.45, 7) is 2.88. The van der Waals surface area contributed by atoms with Gasteiger partial charge in [-0.3, -0.25) is 4.99 Å². The lowest BCUT2D eigenvalue weighted by molar-refractivity contribution is 0.193. The molecule has 0 spiro atoms. The Bertz CT molecular complexity index is 1270. The third kappa shape index (κ3) is 5.41. The normalized spacial score (nSPS) is 19.8. The van der Waals surface area contributed by atoms with E-state index in [1.165, 1.54) is 24.8 Å². The first-order valence-electron chi connectivity index (χ1n) is 12.7. The third-order valence-electron chi connectivity index (χ3n) is 6.96. The molecule has 3 aromatic rings. The van der Waals surface area contributed by atoms with Crippen molar-refractivity contribution in [2.24, 2.45) is 10.9 Å². The minimum Gasteiger partial charge on any atom is -0.476 e. The lowest BCUT2D eigenvalue weighted by Gasteiger charge is -2.19. The Morgan fingerprint density at radius 2 is 2.00 bits per heavy atom. The molecule has 1 aromatic carbocycles. The molecule has 0 bridgehead atoms. The van der Waals surface area contributed by atoms with Gasteiger partial charge in [-0.25, -0.2) is 0 Å². The van der Waals surface area contributed by atoms with E-state index in [9.17, 15) is 0 Å². The molecule has 3 aliphatic rings. The molecular formula is C27H31N7O2. The van der Waals surface area contributed by atoms with Crippen molar-refractivity contribution in [3.05, 3.63) is 59.9 Å². The maximum Gasteiger partial charge on any atom is 0.228 e. The van der Waals surface area contributed by atoms with Gasteiger partial charge in [0.1, 0.15) is 24.0 Å². The average molecular weight is 486 g/mol. The minimum absolute atomic E-state index is 0.404. The molecule has 4 heterocycles. The van der Waals surface area contributed by atoms with Crippen molar-refractivity contribution in [2.75, 3.05) is 37.4 Å². The zero-order chi connectivity index (χ0) is 24.3. The molecular weight excluding hydrogens is 454 g/mol. The largest absolute Gasteiger partial charge is 0.476 e. The van der Waals surface area contributed by atoms with Crippen LogP contribution < -0.4 is 15.4 Å². The van der Waals surface area contributed by atoms with Crippen LogP contribution in [0.15, 0.2) is 63.6 Å². The van der Waals surface area contributed by atoms with E-state index in [-0.39, 0.29) is 0 Å². The maximum absolute atomic E-state index is 6.13. The first kappa shape index (κ1) is 22.7. The van der Waals surface area contributed by atoms with E-state index in [0.29, 0.717) is 48.5 Å². The zero-order valence-corrected chi connectivity index (χ0v) is 20.5. The van der Waals surface area contributed by atoms with Crippen molar-refractivity contribution in [2.45, 2.75) is 38.3 Å². The van der Waals surface area contributed by atoms with Gasteiger partial charge in [-0.15, -0.1) is 0 Å². The highest BCUT2D eigenvalue weighted by molar-refractivity contribution is 6.05. The molecule has 1 atom stereocenters. The quantitative estimate of drug-likeness (QED) is 0.461. The number of nitrogens with one attached hydrogen (secondary N) is 2. The number of hydrogen-bond donors (Lipinski definition) is 2. The predicted molar refractivity (Wildman–Crippen MR) is 139 cm³/mol. The molecule has 9 nitrogen and oxygen atoms in total. The van der Waals surface area contributed by atoms with Crippen molar-refractivity contribution < 1.29 is 9.26 Å². The Hall–Kier alpha value is -3.72. The second-order valence-corrected chi connectivity index (χ2v) is 9.72. The molecule has 1 saturated carbocycles. The van der Waals surface area contributed by atoms with Crippen LogP contribution >= 0.6 is 0 Å². The highest BCUT2D eigenvalue weighted by Gasteiger charge is 2.28. The Morgan fingerprint density at radius 1 is 1.11 bits per heavy atom. The van der Waals surface area contributed by atoms with Crippen LogP contribution in [-0.4, -0.2) is 58.6 Å². The summed E-state index contributed by atoms with van der Waals surface area (Å²) in [4.78, 5) is 16.2. The fourth-order valence-electron chi connectivity index (χ4n) is 4.67. The third-order valence-corrected chi connectivity index (χ3v) is 6.96. The number of rotatable bonds is 9. The highest BCUT2D eigenvalue weighted by Crippen LogP contribution is 2.38. The van der Waals surface area contributed by atoms with E-state index in [1.54, 1.807) is 0 Å². The second kappa shape index (κ2) is 10.1. The monoisotopic (exact) mass is 485 g/mol. The van der Waals surface area contributed by atoms with Gasteiger partial charge in [0.2, 0.25) is 11.8 Å². The number of nitrogens with zero attached hydrogens (tertiary/aromatic N) is 5. The lowest BCUT2D eigenvalue weighted by Crippen LogP contribution is -2.30. The van der Waals surface area contributed by atoms with Gasteiger partial charge in [0.05, 0.1) is 13.1 Å². The summed E-state index contributed by atoms with van der Waals surface area (Å²) in [5.74, 6) is 3.88. The molecule has 2 fully saturated rings. The molecule has 6 rings (SSSR count). The number of likely N-dealkylation sites (tertiary alicyclic amines) is 1. The number of aromatic nitrogens is 3. The number of aliphatic imine (C=N–C) groups is 1. The summed E-state index contributed by atoms with van der Waals surface area (Å²) in [7, 11) is 2.14. The molecule has 0 unspecified atom stereocenters. The average Bonchev–Trinajstić information content (AvgIpc) is 3.25. The number of amidine groups is 1. The van der Waals surface area contributed by atoms with Crippen LogP contribution in [0, 0.1) is 5.92 Å². The number of hydrogen-bond acceptors (Lipinski definition) is 9. The molecule has 0 amide bonds. The first-order valence-corrected chi connectivity index (χ1v) is 12.7. The van der Waals surface area contributed by atoms with Crippen LogP contribution in [0.2, 0.25) is 0 Å². The first-order chi connectivity index (χ1) is 17.7. The second-order valence-electron chi connectivity index (χ2n) is 9.72. The predicted octanol–water partition coefficient (Wildman–Crippen LogP) is 4.38. The van der Waals surface area contributed by atoms with E-state index >= 15 is 0 Å². The van der Waals surface area contributed by atoms with Crippen molar-refractivity contribution in [3.63, 3.8) is 0 Å². The number of anilines is 2. The van der Waals surface area contributed by atoms with E-state index in [2.05, 4.69) is 48.8 Å². The molecule has 2 N–H and O–H groups in total. The minimum atomic E-state index is 0.404. The van der Waals surface area contributed by atoms with E-state index in [1.807, 2.05) is 42.5 Å². The Morgan fingerprint density at radius 3 is 2.81 bits per heavy atom. The van der Waals surface area contributed by atoms with Crippen molar-refractivity contribution in [3.8, 4) is 17.1 Å². The fraction of sp³-hybridized carbons (Fsp3) is 0.407. The molecule has 0 radical (unpaired) electrons. The maximum atomic E-state index is 6.13. The molecule has 2 aliphatic heterocycles. The van der Waals surface area contributed by atoms with Crippen LogP contribution in [0.3, 0.4) is 0 Å². The van der Waals surface area contributed by atoms with Crippen LogP contribution in [0.1, 0.15) is 31.4 Å². The van der Waals surface area contributed by atoms with Crippen molar-refractivity contribution in [1.29, 1.82) is 0 Å². The molecule has 2 aromatic heterocycles. The zero-order valence-electron chi connectivity index (χ0n) is 20.5. The van der Waals surface area contributed by atoms with Gasteiger partial charge in [0.15, 0.2) is 5.76 Å². The van der Waals surface area contributed by atoms with E-state index in [4.69, 9.17) is 9.26 Å². The van der Waals surface area contributed by atoms with Gasteiger partial charge in [-0.2, -0.15) is 9.97 Å². The summed E-state index contributed by atoms with van der Waals surface area (Å²) >= 11 is 0. The van der Waals surface area contributed by atoms with Gasteiger partial charge in [-0.05, 0) is 56.8 Å². The number of ether oxygens (including phenoxy) is 1. The SMILES string of the molecule is CN1CCC[C@H]1COc1cc(NC2=NCC(C3CC3)=C2)nc(NCc2cc(-c3ccccc3)no2)n1. The van der Waals surface area contributed by atoms with Gasteiger partial charge in [0.25, 0.3) is 0 Å². The topological polar surface area (TPSA) is 101 Å². The fourth-order valence-corrected chi connectivity index (χ4v) is 4.67. The summed E-state index contributed by atoms with van der Waals surface area (Å²) in [5.41, 5.74) is 3.22. The molecule has 1 aliphatic carbocycles. The lowest BCUT2D eigenvalue weighted by atomic mass is 10.1. The summed E-state index contributed by atoms with van der Waals surface area (Å²) in [6.07, 6.45) is 7.04. The molecule has 1 saturated heterocycles. The Labute approximate surface area is 210 Å². The standard InChI is InChI=1S/C27H31N7O2/c1-34-11-5-8-21(34)17-35-26-14-25(30-24-12-20(15-28-24)18-9-10-18)31-27(32-26)29-16-22-13-23(33-36-22)19-6-3-2-4-7-19/h2-4,6-7,12-14,18,21H,5,8-11,15-17H2,1H3,(H2,28,29,30,31,32)/t21-/m0/s1. The molecule has 186 valence electrons. The van der Waals surface area contributed by atoms with Crippen LogP contribution in [0.5, 0.6) is 5.88 Å². The van der Waals surface area contributed by atoms with E-state index < -0.39 is 0 Å². The molecule has 36 heavy (non-hydrogen) atoms. The summed E-state index contributed by atoms with van der Waals surface area (Å²) < 4.78 is 11.7. The van der Waals surface area contributed by atoms with Gasteiger partial charge in [-0.1, -0.05) is 35.5 Å². The van der Waals surface area contributed by atoms with Gasteiger partial charge < -0.3 is 24.8 Å².